The number of nitrogens with one attached hydrogen (secondary N) is 1. The third kappa shape index (κ3) is 4.45. The van der Waals surface area contributed by atoms with E-state index >= 15 is 0 Å². The van der Waals surface area contributed by atoms with Gasteiger partial charge in [-0.05, 0) is 55.9 Å². The van der Waals surface area contributed by atoms with Gasteiger partial charge < -0.3 is 10.2 Å². The SMILES string of the molecule is Cc1ccc(NC(=S)N2CCN(S(=O)(=O)c3cccc(F)c3)CC2)c(C)c1. The Balaban J connectivity index is 1.63. The van der Waals surface area contributed by atoms with Crippen molar-refractivity contribution >= 4 is 33.0 Å². The summed E-state index contributed by atoms with van der Waals surface area (Å²) in [5, 5.41) is 3.81. The van der Waals surface area contributed by atoms with E-state index in [4.69, 9.17) is 12.2 Å². The van der Waals surface area contributed by atoms with Crippen LogP contribution in [0.3, 0.4) is 0 Å². The van der Waals surface area contributed by atoms with E-state index in [1.165, 1.54) is 28.1 Å². The number of aryl methyl sites for hydroxylation is 2. The van der Waals surface area contributed by atoms with Crippen LogP contribution in [0.1, 0.15) is 11.1 Å². The first-order valence-corrected chi connectivity index (χ1v) is 10.5. The van der Waals surface area contributed by atoms with E-state index < -0.39 is 15.8 Å². The van der Waals surface area contributed by atoms with Gasteiger partial charge >= 0.3 is 0 Å². The number of sulfonamides is 1. The third-order valence-electron chi connectivity index (χ3n) is 4.58. The summed E-state index contributed by atoms with van der Waals surface area (Å²) in [6.07, 6.45) is 0. The number of nitrogens with zero attached hydrogens (tertiary/aromatic N) is 2. The maximum absolute atomic E-state index is 13.4. The molecule has 0 bridgehead atoms. The lowest BCUT2D eigenvalue weighted by Crippen LogP contribution is -2.51. The molecule has 1 saturated heterocycles. The second kappa shape index (κ2) is 7.92. The lowest BCUT2D eigenvalue weighted by molar-refractivity contribution is 0.268. The highest BCUT2D eigenvalue weighted by atomic mass is 32.2. The van der Waals surface area contributed by atoms with Crippen molar-refractivity contribution in [3.05, 3.63) is 59.4 Å². The van der Waals surface area contributed by atoms with Crippen LogP contribution < -0.4 is 5.32 Å². The van der Waals surface area contributed by atoms with E-state index in [1.807, 2.05) is 30.9 Å². The van der Waals surface area contributed by atoms with Crippen LogP contribution in [-0.4, -0.2) is 48.9 Å². The topological polar surface area (TPSA) is 52.6 Å². The predicted molar refractivity (Wildman–Crippen MR) is 109 cm³/mol. The number of anilines is 1. The van der Waals surface area contributed by atoms with Crippen molar-refractivity contribution in [2.24, 2.45) is 0 Å². The Morgan fingerprint density at radius 2 is 1.78 bits per heavy atom. The molecule has 1 fully saturated rings. The van der Waals surface area contributed by atoms with Gasteiger partial charge in [-0.15, -0.1) is 0 Å². The van der Waals surface area contributed by atoms with Gasteiger partial charge in [-0.25, -0.2) is 12.8 Å². The van der Waals surface area contributed by atoms with E-state index in [-0.39, 0.29) is 4.90 Å². The number of piperazine rings is 1. The average Bonchev–Trinajstić information content (AvgIpc) is 2.64. The summed E-state index contributed by atoms with van der Waals surface area (Å²) in [6, 6.07) is 11.2. The largest absolute Gasteiger partial charge is 0.346 e. The van der Waals surface area contributed by atoms with Crippen LogP contribution in [0.5, 0.6) is 0 Å². The standard InChI is InChI=1S/C19H22FN3O2S2/c1-14-6-7-18(15(2)12-14)21-19(26)22-8-10-23(11-9-22)27(24,25)17-5-3-4-16(20)13-17/h3-7,12-13H,8-11H2,1-2H3,(H,21,26). The number of hydrogen-bond donors (Lipinski definition) is 1. The fraction of sp³-hybridized carbons (Fsp3) is 0.316. The zero-order chi connectivity index (χ0) is 19.6. The molecule has 0 amide bonds. The average molecular weight is 408 g/mol. The molecule has 2 aromatic rings. The molecule has 8 heteroatoms. The second-order valence-electron chi connectivity index (χ2n) is 6.60. The molecule has 0 aromatic heterocycles. The minimum Gasteiger partial charge on any atom is -0.346 e. The van der Waals surface area contributed by atoms with E-state index in [1.54, 1.807) is 0 Å². The molecular weight excluding hydrogens is 385 g/mol. The van der Waals surface area contributed by atoms with Crippen molar-refractivity contribution in [2.75, 3.05) is 31.5 Å². The molecule has 0 saturated carbocycles. The summed E-state index contributed by atoms with van der Waals surface area (Å²) in [5.74, 6) is -0.562. The van der Waals surface area contributed by atoms with Gasteiger partial charge in [0.15, 0.2) is 5.11 Å². The van der Waals surface area contributed by atoms with Gasteiger partial charge in [-0.3, -0.25) is 0 Å². The molecule has 144 valence electrons. The fourth-order valence-corrected chi connectivity index (χ4v) is 4.80. The molecule has 1 aliphatic rings. The van der Waals surface area contributed by atoms with Crippen LogP contribution >= 0.6 is 12.2 Å². The zero-order valence-corrected chi connectivity index (χ0v) is 16.9. The quantitative estimate of drug-likeness (QED) is 0.793. The van der Waals surface area contributed by atoms with Crippen LogP contribution in [0.2, 0.25) is 0 Å². The van der Waals surface area contributed by atoms with Gasteiger partial charge in [0.05, 0.1) is 4.90 Å². The Kier molecular flexibility index (Phi) is 5.78. The Bertz CT molecular complexity index is 955. The molecule has 3 rings (SSSR count). The molecule has 0 aliphatic carbocycles. The minimum atomic E-state index is -3.70. The van der Waals surface area contributed by atoms with Crippen LogP contribution in [0.4, 0.5) is 10.1 Å². The van der Waals surface area contributed by atoms with Crippen molar-refractivity contribution < 1.29 is 12.8 Å². The van der Waals surface area contributed by atoms with Gasteiger partial charge in [0.2, 0.25) is 10.0 Å². The Morgan fingerprint density at radius 3 is 2.41 bits per heavy atom. The molecule has 0 radical (unpaired) electrons. The van der Waals surface area contributed by atoms with Gasteiger partial charge in [0, 0.05) is 31.9 Å². The van der Waals surface area contributed by atoms with Crippen molar-refractivity contribution in [1.29, 1.82) is 0 Å². The van der Waals surface area contributed by atoms with Crippen LogP contribution in [-0.2, 0) is 10.0 Å². The molecule has 0 atom stereocenters. The van der Waals surface area contributed by atoms with Crippen LogP contribution in [0, 0.1) is 19.7 Å². The minimum absolute atomic E-state index is 0.0214. The Hall–Kier alpha value is -2.03. The summed E-state index contributed by atoms with van der Waals surface area (Å²) in [4.78, 5) is 1.93. The lowest BCUT2D eigenvalue weighted by atomic mass is 10.1. The molecule has 1 heterocycles. The highest BCUT2D eigenvalue weighted by Gasteiger charge is 2.29. The van der Waals surface area contributed by atoms with Gasteiger partial charge in [0.25, 0.3) is 0 Å². The van der Waals surface area contributed by atoms with Crippen LogP contribution in [0.25, 0.3) is 0 Å². The number of hydrogen-bond acceptors (Lipinski definition) is 3. The van der Waals surface area contributed by atoms with E-state index in [0.717, 1.165) is 17.3 Å². The van der Waals surface area contributed by atoms with E-state index in [0.29, 0.717) is 31.3 Å². The van der Waals surface area contributed by atoms with E-state index in [2.05, 4.69) is 11.4 Å². The van der Waals surface area contributed by atoms with Crippen molar-refractivity contribution in [3.63, 3.8) is 0 Å². The van der Waals surface area contributed by atoms with Crippen molar-refractivity contribution in [1.82, 2.24) is 9.21 Å². The van der Waals surface area contributed by atoms with Crippen molar-refractivity contribution in [2.45, 2.75) is 18.7 Å². The first-order chi connectivity index (χ1) is 12.8. The molecule has 0 spiro atoms. The molecule has 1 aliphatic heterocycles. The number of halogens is 1. The van der Waals surface area contributed by atoms with Gasteiger partial charge in [-0.1, -0.05) is 23.8 Å². The number of benzene rings is 2. The lowest BCUT2D eigenvalue weighted by Gasteiger charge is -2.35. The van der Waals surface area contributed by atoms with Gasteiger partial charge in [0.1, 0.15) is 5.82 Å². The van der Waals surface area contributed by atoms with Gasteiger partial charge in [-0.2, -0.15) is 4.31 Å². The molecule has 5 nitrogen and oxygen atoms in total. The first kappa shape index (κ1) is 19.7. The monoisotopic (exact) mass is 407 g/mol. The zero-order valence-electron chi connectivity index (χ0n) is 15.3. The maximum atomic E-state index is 13.4. The summed E-state index contributed by atoms with van der Waals surface area (Å²) in [6.45, 7) is 5.60. The number of rotatable bonds is 3. The smallest absolute Gasteiger partial charge is 0.243 e. The molecule has 2 aromatic carbocycles. The second-order valence-corrected chi connectivity index (χ2v) is 8.92. The predicted octanol–water partition coefficient (Wildman–Crippen LogP) is 3.15. The summed E-state index contributed by atoms with van der Waals surface area (Å²) < 4.78 is 40.1. The highest BCUT2D eigenvalue weighted by Crippen LogP contribution is 2.20. The fourth-order valence-electron chi connectivity index (χ4n) is 3.06. The van der Waals surface area contributed by atoms with E-state index in [9.17, 15) is 12.8 Å². The molecule has 1 N–H and O–H groups in total. The Labute approximate surface area is 164 Å². The maximum Gasteiger partial charge on any atom is 0.243 e. The normalized spacial score (nSPS) is 15.6. The first-order valence-electron chi connectivity index (χ1n) is 8.66. The summed E-state index contributed by atoms with van der Waals surface area (Å²) >= 11 is 5.49. The summed E-state index contributed by atoms with van der Waals surface area (Å²) in [7, 11) is -3.70. The Morgan fingerprint density at radius 1 is 1.07 bits per heavy atom. The molecular formula is C19H22FN3O2S2. The van der Waals surface area contributed by atoms with Crippen molar-refractivity contribution in [3.8, 4) is 0 Å². The highest BCUT2D eigenvalue weighted by molar-refractivity contribution is 7.89. The third-order valence-corrected chi connectivity index (χ3v) is 6.84. The molecule has 27 heavy (non-hydrogen) atoms. The number of thiocarbonyl (C=S) groups is 1. The molecule has 0 unspecified atom stereocenters. The summed E-state index contributed by atoms with van der Waals surface area (Å²) in [5.41, 5.74) is 3.23. The van der Waals surface area contributed by atoms with Crippen LogP contribution in [0.15, 0.2) is 47.4 Å².